The molecule has 27 heavy (non-hydrogen) atoms. The normalized spacial score (nSPS) is 16.0. The van der Waals surface area contributed by atoms with E-state index >= 15 is 0 Å². The van der Waals surface area contributed by atoms with Crippen LogP contribution < -0.4 is 10.8 Å². The number of carbonyl (C=O) groups excluding carboxylic acids is 2. The van der Waals surface area contributed by atoms with Crippen molar-refractivity contribution in [1.29, 1.82) is 0 Å². The van der Waals surface area contributed by atoms with Crippen molar-refractivity contribution < 1.29 is 19.3 Å². The second-order valence-corrected chi connectivity index (χ2v) is 7.47. The van der Waals surface area contributed by atoms with Gasteiger partial charge in [0.15, 0.2) is 5.82 Å². The molecule has 1 atom stereocenters. The van der Waals surface area contributed by atoms with Gasteiger partial charge in [-0.25, -0.2) is 10.3 Å². The molecule has 1 heterocycles. The molecular weight excluding hydrogens is 350 g/mol. The predicted molar refractivity (Wildman–Crippen MR) is 97.9 cm³/mol. The molecule has 2 rings (SSSR count). The number of rotatable bonds is 9. The molecule has 0 radical (unpaired) electrons. The summed E-state index contributed by atoms with van der Waals surface area (Å²) in [6.07, 6.45) is 9.49. The summed E-state index contributed by atoms with van der Waals surface area (Å²) in [5.74, 6) is 0.786. The van der Waals surface area contributed by atoms with Crippen LogP contribution in [0.1, 0.15) is 75.4 Å². The lowest BCUT2D eigenvalue weighted by atomic mass is 9.84. The van der Waals surface area contributed by atoms with Crippen molar-refractivity contribution >= 4 is 11.9 Å². The summed E-state index contributed by atoms with van der Waals surface area (Å²) in [6.45, 7) is 0.154. The van der Waals surface area contributed by atoms with Crippen LogP contribution in [0.15, 0.2) is 4.52 Å². The van der Waals surface area contributed by atoms with Crippen molar-refractivity contribution in [2.75, 3.05) is 14.1 Å². The Morgan fingerprint density at radius 2 is 2.04 bits per heavy atom. The summed E-state index contributed by atoms with van der Waals surface area (Å²) < 4.78 is 5.32. The van der Waals surface area contributed by atoms with E-state index in [-0.39, 0.29) is 24.9 Å². The Kier molecular flexibility index (Phi) is 8.50. The molecule has 1 fully saturated rings. The summed E-state index contributed by atoms with van der Waals surface area (Å²) in [4.78, 5) is 29.0. The fourth-order valence-corrected chi connectivity index (χ4v) is 3.53. The molecule has 9 heteroatoms. The van der Waals surface area contributed by atoms with Gasteiger partial charge in [0.1, 0.15) is 0 Å². The van der Waals surface area contributed by atoms with Crippen molar-refractivity contribution in [3.8, 4) is 0 Å². The van der Waals surface area contributed by atoms with E-state index in [1.807, 2.05) is 0 Å². The first-order chi connectivity index (χ1) is 13.0. The molecule has 0 bridgehead atoms. The van der Waals surface area contributed by atoms with Gasteiger partial charge in [0, 0.05) is 26.4 Å². The zero-order valence-electron chi connectivity index (χ0n) is 16.2. The molecule has 1 aromatic heterocycles. The molecule has 1 aliphatic rings. The molecule has 0 aliphatic heterocycles. The second kappa shape index (κ2) is 10.9. The van der Waals surface area contributed by atoms with Crippen LogP contribution in [0.5, 0.6) is 0 Å². The van der Waals surface area contributed by atoms with Gasteiger partial charge in [-0.05, 0) is 12.3 Å². The van der Waals surface area contributed by atoms with E-state index in [9.17, 15) is 9.59 Å². The highest BCUT2D eigenvalue weighted by molar-refractivity contribution is 5.75. The van der Waals surface area contributed by atoms with Crippen LogP contribution in [0.2, 0.25) is 0 Å². The molecule has 152 valence electrons. The van der Waals surface area contributed by atoms with Gasteiger partial charge in [0.05, 0.1) is 6.54 Å². The summed E-state index contributed by atoms with van der Waals surface area (Å²) in [5.41, 5.74) is 1.67. The minimum atomic E-state index is -0.474. The first kappa shape index (κ1) is 21.1. The van der Waals surface area contributed by atoms with Gasteiger partial charge < -0.3 is 14.7 Å². The van der Waals surface area contributed by atoms with Gasteiger partial charge in [0.2, 0.25) is 11.8 Å². The lowest BCUT2D eigenvalue weighted by Gasteiger charge is -2.22. The number of carbonyl (C=O) groups is 2. The number of nitrogens with one attached hydrogen (secondary N) is 2. The number of nitrogens with zero attached hydrogens (tertiary/aromatic N) is 3. The Hall–Kier alpha value is -2.16. The van der Waals surface area contributed by atoms with Gasteiger partial charge in [-0.1, -0.05) is 50.1 Å². The maximum atomic E-state index is 11.6. The first-order valence-corrected chi connectivity index (χ1v) is 9.70. The predicted octanol–water partition coefficient (Wildman–Crippen LogP) is 2.57. The largest absolute Gasteiger partial charge is 0.339 e. The van der Waals surface area contributed by atoms with Crippen LogP contribution in [0.3, 0.4) is 0 Å². The van der Waals surface area contributed by atoms with Gasteiger partial charge in [-0.15, -0.1) is 0 Å². The van der Waals surface area contributed by atoms with Crippen molar-refractivity contribution in [3.63, 3.8) is 0 Å². The molecule has 0 spiro atoms. The molecule has 1 aliphatic carbocycles. The summed E-state index contributed by atoms with van der Waals surface area (Å²) in [5, 5.41) is 15.4. The lowest BCUT2D eigenvalue weighted by Crippen LogP contribution is -2.34. The molecule has 9 nitrogen and oxygen atoms in total. The van der Waals surface area contributed by atoms with Crippen LogP contribution in [0.4, 0.5) is 4.79 Å². The first-order valence-electron chi connectivity index (χ1n) is 9.70. The highest BCUT2D eigenvalue weighted by atomic mass is 16.5. The van der Waals surface area contributed by atoms with Crippen LogP contribution in [-0.2, 0) is 11.3 Å². The van der Waals surface area contributed by atoms with E-state index in [1.54, 1.807) is 19.6 Å². The van der Waals surface area contributed by atoms with Crippen molar-refractivity contribution in [3.05, 3.63) is 11.7 Å². The Morgan fingerprint density at radius 1 is 1.30 bits per heavy atom. The zero-order valence-corrected chi connectivity index (χ0v) is 16.2. The molecule has 1 saturated carbocycles. The maximum Gasteiger partial charge on any atom is 0.317 e. The highest BCUT2D eigenvalue weighted by Gasteiger charge is 2.23. The summed E-state index contributed by atoms with van der Waals surface area (Å²) in [6, 6.07) is -0.245. The number of amides is 3. The maximum absolute atomic E-state index is 11.6. The van der Waals surface area contributed by atoms with E-state index in [0.29, 0.717) is 11.7 Å². The molecule has 3 amide bonds. The van der Waals surface area contributed by atoms with Gasteiger partial charge >= 0.3 is 6.03 Å². The van der Waals surface area contributed by atoms with E-state index in [4.69, 9.17) is 9.73 Å². The Bertz CT molecular complexity index is 598. The van der Waals surface area contributed by atoms with Crippen LogP contribution in [0.25, 0.3) is 0 Å². The van der Waals surface area contributed by atoms with Crippen molar-refractivity contribution in [2.45, 2.75) is 70.3 Å². The van der Waals surface area contributed by atoms with Crippen molar-refractivity contribution in [2.24, 2.45) is 5.92 Å². The number of hydrogen-bond donors (Lipinski definition) is 3. The number of hydroxylamine groups is 1. The third-order valence-corrected chi connectivity index (χ3v) is 5.08. The molecule has 0 saturated heterocycles. The van der Waals surface area contributed by atoms with E-state index in [2.05, 4.69) is 15.5 Å². The SMILES string of the molecule is CN(C)C(=O)NCc1noc(C(CCCC2CCCCC2)CC(=O)NO)n1. The Morgan fingerprint density at radius 3 is 2.70 bits per heavy atom. The van der Waals surface area contributed by atoms with E-state index in [1.165, 1.54) is 37.0 Å². The monoisotopic (exact) mass is 381 g/mol. The quantitative estimate of drug-likeness (QED) is 0.446. The number of urea groups is 1. The van der Waals surface area contributed by atoms with Crippen molar-refractivity contribution in [1.82, 2.24) is 25.8 Å². The topological polar surface area (TPSA) is 121 Å². The zero-order chi connectivity index (χ0) is 19.6. The summed E-state index contributed by atoms with van der Waals surface area (Å²) in [7, 11) is 3.29. The molecule has 1 aromatic rings. The second-order valence-electron chi connectivity index (χ2n) is 7.47. The molecule has 0 aromatic carbocycles. The van der Waals surface area contributed by atoms with Crippen LogP contribution >= 0.6 is 0 Å². The Labute approximate surface area is 159 Å². The highest BCUT2D eigenvalue weighted by Crippen LogP contribution is 2.31. The minimum absolute atomic E-state index is 0.0901. The van der Waals surface area contributed by atoms with E-state index in [0.717, 1.165) is 25.2 Å². The smallest absolute Gasteiger partial charge is 0.317 e. The Balaban J connectivity index is 1.90. The van der Waals surface area contributed by atoms with Crippen LogP contribution in [0, 0.1) is 5.92 Å². The standard InChI is InChI=1S/C18H31N5O4/c1-23(2)18(25)19-12-15-20-17(27-22-15)14(11-16(24)21-26)10-6-9-13-7-4-3-5-8-13/h13-14,26H,3-12H2,1-2H3,(H,19,25)(H,21,24). The number of hydrogen-bond acceptors (Lipinski definition) is 6. The number of aromatic nitrogens is 2. The molecule has 1 unspecified atom stereocenters. The summed E-state index contributed by atoms with van der Waals surface area (Å²) >= 11 is 0. The van der Waals surface area contributed by atoms with Gasteiger partial charge in [-0.2, -0.15) is 4.98 Å². The third kappa shape index (κ3) is 7.16. The van der Waals surface area contributed by atoms with E-state index < -0.39 is 5.91 Å². The van der Waals surface area contributed by atoms with Crippen LogP contribution in [-0.4, -0.2) is 46.3 Å². The average molecular weight is 381 g/mol. The lowest BCUT2D eigenvalue weighted by molar-refractivity contribution is -0.129. The van der Waals surface area contributed by atoms with Gasteiger partial charge in [0.25, 0.3) is 0 Å². The van der Waals surface area contributed by atoms with Gasteiger partial charge in [-0.3, -0.25) is 10.0 Å². The third-order valence-electron chi connectivity index (χ3n) is 5.08. The fraction of sp³-hybridized carbons (Fsp3) is 0.778. The molecular formula is C18H31N5O4. The average Bonchev–Trinajstić information content (AvgIpc) is 3.14. The molecule has 3 N–H and O–H groups in total. The fourth-order valence-electron chi connectivity index (χ4n) is 3.53. The minimum Gasteiger partial charge on any atom is -0.339 e.